The van der Waals surface area contributed by atoms with Gasteiger partial charge >= 0.3 is 0 Å². The largest absolute Gasteiger partial charge is 0.436 e. The molecular formula is C26H34FN3O3. The number of aromatic nitrogens is 2. The number of benzene rings is 2. The molecule has 0 aliphatic rings. The van der Waals surface area contributed by atoms with Crippen molar-refractivity contribution < 1.29 is 19.0 Å². The minimum absolute atomic E-state index is 0.146. The Kier molecular flexibility index (Phi) is 9.00. The average Bonchev–Trinajstić information content (AvgIpc) is 3.09. The molecule has 1 heterocycles. The van der Waals surface area contributed by atoms with Gasteiger partial charge in [0.1, 0.15) is 5.69 Å². The summed E-state index contributed by atoms with van der Waals surface area (Å²) in [7, 11) is 1.79. The fourth-order valence-corrected chi connectivity index (χ4v) is 3.83. The van der Waals surface area contributed by atoms with E-state index in [1.165, 1.54) is 6.07 Å². The fourth-order valence-electron chi connectivity index (χ4n) is 3.83. The van der Waals surface area contributed by atoms with Crippen LogP contribution in [0.15, 0.2) is 54.6 Å². The predicted molar refractivity (Wildman–Crippen MR) is 128 cm³/mol. The van der Waals surface area contributed by atoms with Gasteiger partial charge in [0, 0.05) is 38.9 Å². The van der Waals surface area contributed by atoms with Crippen LogP contribution in [0.3, 0.4) is 0 Å². The molecule has 0 saturated carbocycles. The van der Waals surface area contributed by atoms with Crippen molar-refractivity contribution in [1.29, 1.82) is 0 Å². The van der Waals surface area contributed by atoms with Crippen molar-refractivity contribution in [3.8, 4) is 22.9 Å². The van der Waals surface area contributed by atoms with Crippen LogP contribution in [0.25, 0.3) is 11.3 Å². The quantitative estimate of drug-likeness (QED) is 0.422. The zero-order valence-corrected chi connectivity index (χ0v) is 19.9. The number of hydrogen-bond donors (Lipinski definition) is 1. The summed E-state index contributed by atoms with van der Waals surface area (Å²) >= 11 is 0. The number of rotatable bonds is 12. The molecule has 1 aromatic heterocycles. The first-order valence-electron chi connectivity index (χ1n) is 11.4. The fraction of sp³-hybridized carbons (Fsp3) is 0.423. The third-order valence-corrected chi connectivity index (χ3v) is 5.17. The van der Waals surface area contributed by atoms with E-state index in [0.29, 0.717) is 31.5 Å². The van der Waals surface area contributed by atoms with Crippen LogP contribution in [-0.4, -0.2) is 52.2 Å². The lowest BCUT2D eigenvalue weighted by atomic mass is 10.1. The zero-order valence-electron chi connectivity index (χ0n) is 19.9. The number of aliphatic hydroxyl groups excluding tert-OH is 1. The summed E-state index contributed by atoms with van der Waals surface area (Å²) in [5, 5.41) is 15.2. The third-order valence-electron chi connectivity index (χ3n) is 5.17. The first-order valence-corrected chi connectivity index (χ1v) is 11.4. The van der Waals surface area contributed by atoms with Gasteiger partial charge in [-0.1, -0.05) is 56.3 Å². The standard InChI is InChI=1S/C26H34FN3O3/c1-5-32-18-21(31)16-30(15-19(2)3)17-22-25(20-11-7-6-8-12-20)28-29(4)26(22)33-24-14-10-9-13-23(24)27/h6-14,19,21,31H,5,15-18H2,1-4H3. The van der Waals surface area contributed by atoms with Crippen LogP contribution in [-0.2, 0) is 18.3 Å². The molecule has 0 aliphatic carbocycles. The van der Waals surface area contributed by atoms with Crippen LogP contribution in [0.4, 0.5) is 4.39 Å². The lowest BCUT2D eigenvalue weighted by Crippen LogP contribution is -2.37. The normalized spacial score (nSPS) is 12.5. The SMILES string of the molecule is CCOCC(O)CN(Cc1c(-c2ccccc2)nn(C)c1Oc1ccccc1F)CC(C)C. The Morgan fingerprint density at radius 3 is 2.42 bits per heavy atom. The molecule has 0 saturated heterocycles. The van der Waals surface area contributed by atoms with Gasteiger partial charge in [-0.3, -0.25) is 4.90 Å². The molecule has 0 amide bonds. The van der Waals surface area contributed by atoms with Gasteiger partial charge in [-0.2, -0.15) is 5.10 Å². The number of hydrogen-bond acceptors (Lipinski definition) is 5. The highest BCUT2D eigenvalue weighted by Gasteiger charge is 2.24. The minimum Gasteiger partial charge on any atom is -0.436 e. The summed E-state index contributed by atoms with van der Waals surface area (Å²) < 4.78 is 27.5. The zero-order chi connectivity index (χ0) is 23.8. The average molecular weight is 456 g/mol. The van der Waals surface area contributed by atoms with E-state index in [1.807, 2.05) is 37.3 Å². The van der Waals surface area contributed by atoms with E-state index in [2.05, 4.69) is 18.7 Å². The van der Waals surface area contributed by atoms with Crippen molar-refractivity contribution in [3.63, 3.8) is 0 Å². The Labute approximate surface area is 195 Å². The van der Waals surface area contributed by atoms with E-state index in [0.717, 1.165) is 23.4 Å². The first kappa shape index (κ1) is 24.9. The molecule has 0 bridgehead atoms. The van der Waals surface area contributed by atoms with E-state index in [1.54, 1.807) is 29.9 Å². The molecule has 6 nitrogen and oxygen atoms in total. The van der Waals surface area contributed by atoms with Gasteiger partial charge in [-0.25, -0.2) is 9.07 Å². The van der Waals surface area contributed by atoms with Crippen molar-refractivity contribution in [2.45, 2.75) is 33.4 Å². The number of para-hydroxylation sites is 1. The van der Waals surface area contributed by atoms with Crippen LogP contribution in [0.1, 0.15) is 26.3 Å². The highest BCUT2D eigenvalue weighted by atomic mass is 19.1. The molecule has 0 fully saturated rings. The van der Waals surface area contributed by atoms with Crippen molar-refractivity contribution in [2.24, 2.45) is 13.0 Å². The maximum Gasteiger partial charge on any atom is 0.222 e. The van der Waals surface area contributed by atoms with Crippen LogP contribution in [0.2, 0.25) is 0 Å². The van der Waals surface area contributed by atoms with Gasteiger partial charge in [-0.05, 0) is 25.0 Å². The maximum atomic E-state index is 14.4. The Hall–Kier alpha value is -2.74. The van der Waals surface area contributed by atoms with Crippen LogP contribution < -0.4 is 4.74 Å². The Bertz CT molecular complexity index is 1010. The van der Waals surface area contributed by atoms with Crippen molar-refractivity contribution in [1.82, 2.24) is 14.7 Å². The lowest BCUT2D eigenvalue weighted by molar-refractivity contribution is 0.0174. The number of aliphatic hydroxyl groups is 1. The van der Waals surface area contributed by atoms with Crippen molar-refractivity contribution >= 4 is 0 Å². The molecule has 3 rings (SSSR count). The Morgan fingerprint density at radius 2 is 1.76 bits per heavy atom. The number of nitrogens with zero attached hydrogens (tertiary/aromatic N) is 3. The van der Waals surface area contributed by atoms with E-state index < -0.39 is 11.9 Å². The van der Waals surface area contributed by atoms with Crippen LogP contribution in [0.5, 0.6) is 11.6 Å². The molecule has 0 aliphatic heterocycles. The molecule has 0 spiro atoms. The maximum absolute atomic E-state index is 14.4. The second-order valence-electron chi connectivity index (χ2n) is 8.56. The second-order valence-corrected chi connectivity index (χ2v) is 8.56. The summed E-state index contributed by atoms with van der Waals surface area (Å²) in [6.07, 6.45) is -0.614. The molecule has 0 radical (unpaired) electrons. The molecule has 3 aromatic rings. The Morgan fingerprint density at radius 1 is 1.06 bits per heavy atom. The molecule has 1 unspecified atom stereocenters. The van der Waals surface area contributed by atoms with E-state index in [9.17, 15) is 9.50 Å². The highest BCUT2D eigenvalue weighted by Crippen LogP contribution is 2.35. The summed E-state index contributed by atoms with van der Waals surface area (Å²) in [4.78, 5) is 2.17. The van der Waals surface area contributed by atoms with Crippen molar-refractivity contribution in [2.75, 3.05) is 26.3 Å². The van der Waals surface area contributed by atoms with Gasteiger partial charge in [0.25, 0.3) is 0 Å². The number of aryl methyl sites for hydroxylation is 1. The second kappa shape index (κ2) is 11.9. The van der Waals surface area contributed by atoms with Gasteiger partial charge in [0.05, 0.1) is 18.3 Å². The lowest BCUT2D eigenvalue weighted by Gasteiger charge is -2.27. The summed E-state index contributed by atoms with van der Waals surface area (Å²) in [6.45, 7) is 8.73. The number of ether oxygens (including phenoxy) is 2. The van der Waals surface area contributed by atoms with Gasteiger partial charge in [-0.15, -0.1) is 0 Å². The van der Waals surface area contributed by atoms with Crippen molar-refractivity contribution in [3.05, 3.63) is 66.0 Å². The number of halogens is 1. The molecule has 33 heavy (non-hydrogen) atoms. The first-order chi connectivity index (χ1) is 15.9. The smallest absolute Gasteiger partial charge is 0.222 e. The van der Waals surface area contributed by atoms with Gasteiger partial charge in [0.2, 0.25) is 5.88 Å². The summed E-state index contributed by atoms with van der Waals surface area (Å²) in [6, 6.07) is 16.2. The summed E-state index contributed by atoms with van der Waals surface area (Å²) in [5.74, 6) is 0.578. The molecule has 178 valence electrons. The van der Waals surface area contributed by atoms with E-state index in [-0.39, 0.29) is 12.4 Å². The third kappa shape index (κ3) is 6.87. The highest BCUT2D eigenvalue weighted by molar-refractivity contribution is 5.65. The minimum atomic E-state index is -0.614. The molecular weight excluding hydrogens is 421 g/mol. The molecule has 2 aromatic carbocycles. The summed E-state index contributed by atoms with van der Waals surface area (Å²) in [5.41, 5.74) is 2.57. The predicted octanol–water partition coefficient (Wildman–Crippen LogP) is 4.87. The molecule has 7 heteroatoms. The molecule has 1 N–H and O–H groups in total. The van der Waals surface area contributed by atoms with Crippen LogP contribution >= 0.6 is 0 Å². The van der Waals surface area contributed by atoms with Crippen LogP contribution in [0, 0.1) is 11.7 Å². The topological polar surface area (TPSA) is 59.8 Å². The monoisotopic (exact) mass is 455 g/mol. The van der Waals surface area contributed by atoms with Gasteiger partial charge in [0.15, 0.2) is 11.6 Å². The Balaban J connectivity index is 1.99. The van der Waals surface area contributed by atoms with E-state index >= 15 is 0 Å². The van der Waals surface area contributed by atoms with Gasteiger partial charge < -0.3 is 14.6 Å². The molecule has 1 atom stereocenters. The van der Waals surface area contributed by atoms with E-state index in [4.69, 9.17) is 14.6 Å².